The highest BCUT2D eigenvalue weighted by molar-refractivity contribution is 6.01. The molecule has 3 rings (SSSR count). The lowest BCUT2D eigenvalue weighted by Crippen LogP contribution is -2.50. The number of piperazine rings is 1. The highest BCUT2D eigenvalue weighted by Gasteiger charge is 2.31. The van der Waals surface area contributed by atoms with E-state index in [1.54, 1.807) is 0 Å². The van der Waals surface area contributed by atoms with Gasteiger partial charge in [-0.25, -0.2) is 0 Å². The van der Waals surface area contributed by atoms with Gasteiger partial charge in [-0.2, -0.15) is 0 Å². The predicted octanol–water partition coefficient (Wildman–Crippen LogP) is 0.627. The molecule has 0 bridgehead atoms. The van der Waals surface area contributed by atoms with Gasteiger partial charge < -0.3 is 10.0 Å². The molecule has 2 heterocycles. The second kappa shape index (κ2) is 7.32. The van der Waals surface area contributed by atoms with Crippen LogP contribution in [0.2, 0.25) is 0 Å². The number of carbonyl (C=O) groups is 2. The fourth-order valence-corrected chi connectivity index (χ4v) is 3.41. The highest BCUT2D eigenvalue weighted by atomic mass is 16.3. The fourth-order valence-electron chi connectivity index (χ4n) is 3.41. The van der Waals surface area contributed by atoms with Crippen molar-refractivity contribution in [1.82, 2.24) is 9.80 Å². The Kier molecular flexibility index (Phi) is 5.16. The number of amides is 2. The number of hydrogen-bond donors (Lipinski definition) is 1. The van der Waals surface area contributed by atoms with Gasteiger partial charge in [-0.1, -0.05) is 12.1 Å². The van der Waals surface area contributed by atoms with Crippen LogP contribution < -0.4 is 4.90 Å². The van der Waals surface area contributed by atoms with E-state index in [4.69, 9.17) is 0 Å². The molecule has 1 atom stereocenters. The first-order valence-corrected chi connectivity index (χ1v) is 8.58. The van der Waals surface area contributed by atoms with Crippen LogP contribution in [0.25, 0.3) is 0 Å². The average Bonchev–Trinajstić information content (AvgIpc) is 2.87. The number of imide groups is 1. The molecule has 0 aliphatic carbocycles. The van der Waals surface area contributed by atoms with E-state index < -0.39 is 6.10 Å². The second-order valence-corrected chi connectivity index (χ2v) is 6.68. The van der Waals surface area contributed by atoms with Gasteiger partial charge in [0.2, 0.25) is 11.8 Å². The summed E-state index contributed by atoms with van der Waals surface area (Å²) in [6.07, 6.45) is -0.122. The first kappa shape index (κ1) is 16.9. The van der Waals surface area contributed by atoms with Crippen molar-refractivity contribution in [2.75, 3.05) is 44.2 Å². The van der Waals surface area contributed by atoms with Gasteiger partial charge in [0.15, 0.2) is 0 Å². The van der Waals surface area contributed by atoms with E-state index in [1.165, 1.54) is 16.2 Å². The molecule has 0 aromatic heterocycles. The van der Waals surface area contributed by atoms with Crippen molar-refractivity contribution >= 4 is 17.5 Å². The van der Waals surface area contributed by atoms with Crippen LogP contribution in [0.4, 0.5) is 5.69 Å². The number of benzene rings is 1. The number of aliphatic hydroxyl groups is 1. The molecular weight excluding hydrogens is 306 g/mol. The van der Waals surface area contributed by atoms with Crippen LogP contribution in [0.3, 0.4) is 0 Å². The fraction of sp³-hybridized carbons (Fsp3) is 0.556. The third kappa shape index (κ3) is 3.94. The number of anilines is 1. The van der Waals surface area contributed by atoms with E-state index >= 15 is 0 Å². The molecule has 130 valence electrons. The zero-order valence-corrected chi connectivity index (χ0v) is 14.1. The molecule has 1 aromatic rings. The minimum atomic E-state index is -0.679. The summed E-state index contributed by atoms with van der Waals surface area (Å²) in [5, 5.41) is 10.2. The summed E-state index contributed by atoms with van der Waals surface area (Å²) < 4.78 is 0. The molecule has 2 amide bonds. The molecule has 0 spiro atoms. The number of aryl methyl sites for hydroxylation is 1. The van der Waals surface area contributed by atoms with Crippen molar-refractivity contribution in [2.24, 2.45) is 0 Å². The van der Waals surface area contributed by atoms with Gasteiger partial charge in [-0.05, 0) is 24.6 Å². The van der Waals surface area contributed by atoms with E-state index in [0.717, 1.165) is 26.2 Å². The predicted molar refractivity (Wildman–Crippen MR) is 91.8 cm³/mol. The number of carbonyl (C=O) groups excluding carboxylic acids is 2. The summed E-state index contributed by atoms with van der Waals surface area (Å²) in [4.78, 5) is 29.0. The summed E-state index contributed by atoms with van der Waals surface area (Å²) in [6.45, 7) is 6.28. The zero-order chi connectivity index (χ0) is 17.1. The number of nitrogens with zero attached hydrogens (tertiary/aromatic N) is 3. The van der Waals surface area contributed by atoms with Crippen LogP contribution in [-0.2, 0) is 9.59 Å². The van der Waals surface area contributed by atoms with Gasteiger partial charge in [0.05, 0.1) is 12.6 Å². The lowest BCUT2D eigenvalue weighted by atomic mass is 10.2. The molecule has 1 N–H and O–H groups in total. The number of β-amino-alcohol motifs (C(OH)–C–C–N with tert-alkyl or cyclic N) is 1. The summed E-state index contributed by atoms with van der Waals surface area (Å²) in [5.74, 6) is -0.327. The Balaban J connectivity index is 1.46. The van der Waals surface area contributed by atoms with Crippen LogP contribution in [0.15, 0.2) is 24.3 Å². The molecule has 6 heteroatoms. The molecule has 6 nitrogen and oxygen atoms in total. The molecule has 2 aliphatic heterocycles. The van der Waals surface area contributed by atoms with Crippen LogP contribution >= 0.6 is 0 Å². The number of aliphatic hydroxyl groups excluding tert-OH is 1. The van der Waals surface area contributed by atoms with Gasteiger partial charge in [0.1, 0.15) is 0 Å². The van der Waals surface area contributed by atoms with Crippen molar-refractivity contribution in [1.29, 1.82) is 0 Å². The third-order valence-corrected chi connectivity index (χ3v) is 4.76. The molecule has 2 fully saturated rings. The first-order chi connectivity index (χ1) is 11.5. The van der Waals surface area contributed by atoms with Gasteiger partial charge in [0, 0.05) is 51.3 Å². The number of likely N-dealkylation sites (tertiary alicyclic amines) is 1. The zero-order valence-electron chi connectivity index (χ0n) is 14.1. The smallest absolute Gasteiger partial charge is 0.229 e. The second-order valence-electron chi connectivity index (χ2n) is 6.68. The highest BCUT2D eigenvalue weighted by Crippen LogP contribution is 2.18. The monoisotopic (exact) mass is 331 g/mol. The van der Waals surface area contributed by atoms with Crippen molar-refractivity contribution in [3.63, 3.8) is 0 Å². The van der Waals surface area contributed by atoms with Crippen molar-refractivity contribution in [2.45, 2.75) is 25.9 Å². The lowest BCUT2D eigenvalue weighted by Gasteiger charge is -2.37. The topological polar surface area (TPSA) is 64.1 Å². The molecule has 1 unspecified atom stereocenters. The summed E-state index contributed by atoms with van der Waals surface area (Å²) >= 11 is 0. The molecular formula is C18H25N3O3. The molecule has 0 saturated carbocycles. The quantitative estimate of drug-likeness (QED) is 0.802. The maximum Gasteiger partial charge on any atom is 0.229 e. The molecule has 2 saturated heterocycles. The summed E-state index contributed by atoms with van der Waals surface area (Å²) in [6, 6.07) is 8.49. The summed E-state index contributed by atoms with van der Waals surface area (Å²) in [7, 11) is 0. The van der Waals surface area contributed by atoms with E-state index in [2.05, 4.69) is 41.0 Å². The van der Waals surface area contributed by atoms with Crippen LogP contribution in [-0.4, -0.2) is 72.1 Å². The van der Waals surface area contributed by atoms with Gasteiger partial charge in [-0.15, -0.1) is 0 Å². The van der Waals surface area contributed by atoms with Gasteiger partial charge in [0.25, 0.3) is 0 Å². The van der Waals surface area contributed by atoms with Crippen LogP contribution in [0, 0.1) is 6.92 Å². The van der Waals surface area contributed by atoms with E-state index in [-0.39, 0.29) is 31.2 Å². The average molecular weight is 331 g/mol. The van der Waals surface area contributed by atoms with E-state index in [9.17, 15) is 14.7 Å². The third-order valence-electron chi connectivity index (χ3n) is 4.76. The Bertz CT molecular complexity index is 595. The molecule has 24 heavy (non-hydrogen) atoms. The number of hydrogen-bond acceptors (Lipinski definition) is 5. The standard InChI is InChI=1S/C18H25N3O3/c1-14-3-2-4-15(11-14)20-9-7-19(8-10-20)12-16(22)13-21-17(23)5-6-18(21)24/h2-4,11,16,22H,5-10,12-13H2,1H3. The van der Waals surface area contributed by atoms with Crippen molar-refractivity contribution in [3.05, 3.63) is 29.8 Å². The Hall–Kier alpha value is -1.92. The minimum Gasteiger partial charge on any atom is -0.390 e. The molecule has 1 aromatic carbocycles. The lowest BCUT2D eigenvalue weighted by molar-refractivity contribution is -0.140. The molecule has 0 radical (unpaired) electrons. The Morgan fingerprint density at radius 1 is 1.04 bits per heavy atom. The summed E-state index contributed by atoms with van der Waals surface area (Å²) in [5.41, 5.74) is 2.49. The molecule has 2 aliphatic rings. The van der Waals surface area contributed by atoms with Crippen molar-refractivity contribution < 1.29 is 14.7 Å². The maximum atomic E-state index is 11.6. The first-order valence-electron chi connectivity index (χ1n) is 8.58. The normalized spacial score (nSPS) is 20.8. The Morgan fingerprint density at radius 3 is 2.33 bits per heavy atom. The SMILES string of the molecule is Cc1cccc(N2CCN(CC(O)CN3C(=O)CCC3=O)CC2)c1. The Labute approximate surface area is 142 Å². The van der Waals surface area contributed by atoms with Crippen molar-refractivity contribution in [3.8, 4) is 0 Å². The van der Waals surface area contributed by atoms with Crippen LogP contribution in [0.1, 0.15) is 18.4 Å². The Morgan fingerprint density at radius 2 is 1.71 bits per heavy atom. The van der Waals surface area contributed by atoms with Gasteiger partial charge in [-0.3, -0.25) is 19.4 Å². The van der Waals surface area contributed by atoms with E-state index in [1.807, 2.05) is 0 Å². The minimum absolute atomic E-state index is 0.121. The van der Waals surface area contributed by atoms with E-state index in [0.29, 0.717) is 6.54 Å². The largest absolute Gasteiger partial charge is 0.390 e. The maximum absolute atomic E-state index is 11.6. The van der Waals surface area contributed by atoms with Gasteiger partial charge >= 0.3 is 0 Å². The van der Waals surface area contributed by atoms with Crippen LogP contribution in [0.5, 0.6) is 0 Å². The number of rotatable bonds is 5.